The van der Waals surface area contributed by atoms with Crippen molar-refractivity contribution in [3.63, 3.8) is 0 Å². The summed E-state index contributed by atoms with van der Waals surface area (Å²) in [6.45, 7) is 0.508. The molecule has 1 aromatic rings. The molecular weight excluding hydrogens is 358 g/mol. The van der Waals surface area contributed by atoms with Gasteiger partial charge in [-0.05, 0) is 49.1 Å². The molecule has 1 saturated heterocycles. The number of hydrogen-bond acceptors (Lipinski definition) is 5. The van der Waals surface area contributed by atoms with Gasteiger partial charge in [-0.25, -0.2) is 8.42 Å². The number of amides is 1. The highest BCUT2D eigenvalue weighted by Crippen LogP contribution is 2.25. The first-order valence-electron chi connectivity index (χ1n) is 7.10. The lowest BCUT2D eigenvalue weighted by Gasteiger charge is -2.17. The van der Waals surface area contributed by atoms with E-state index in [1.807, 2.05) is 6.26 Å². The van der Waals surface area contributed by atoms with Crippen LogP contribution in [0.2, 0.25) is 0 Å². The van der Waals surface area contributed by atoms with E-state index < -0.39 is 16.1 Å². The molecule has 1 atom stereocenters. The number of benzene rings is 1. The lowest BCUT2D eigenvalue weighted by molar-refractivity contribution is -0.117. The number of hydrogen-bond donors (Lipinski definition) is 2. The van der Waals surface area contributed by atoms with Crippen LogP contribution in [0.5, 0.6) is 0 Å². The number of thioether (sulfide) groups is 1. The average molecular weight is 380 g/mol. The Kier molecular flexibility index (Phi) is 7.66. The fourth-order valence-corrected chi connectivity index (χ4v) is 4.31. The largest absolute Gasteiger partial charge is 0.325 e. The smallest absolute Gasteiger partial charge is 0.241 e. The van der Waals surface area contributed by atoms with Gasteiger partial charge in [0.15, 0.2) is 0 Å². The van der Waals surface area contributed by atoms with Crippen LogP contribution in [0, 0.1) is 0 Å². The molecule has 0 spiro atoms. The van der Waals surface area contributed by atoms with Gasteiger partial charge in [0.25, 0.3) is 0 Å². The van der Waals surface area contributed by atoms with Crippen LogP contribution in [-0.4, -0.2) is 44.7 Å². The Labute approximate surface area is 147 Å². The molecule has 0 aromatic heterocycles. The molecule has 1 aliphatic heterocycles. The summed E-state index contributed by atoms with van der Waals surface area (Å²) in [5.74, 6) is 0.798. The van der Waals surface area contributed by atoms with E-state index >= 15 is 0 Å². The van der Waals surface area contributed by atoms with E-state index in [0.717, 1.165) is 5.75 Å². The molecular formula is C14H22ClN3O3S2. The van der Waals surface area contributed by atoms with E-state index in [2.05, 4.69) is 5.32 Å². The zero-order valence-electron chi connectivity index (χ0n) is 12.9. The molecule has 1 unspecified atom stereocenters. The Balaban J connectivity index is 0.00000264. The van der Waals surface area contributed by atoms with E-state index in [4.69, 9.17) is 5.73 Å². The highest BCUT2D eigenvalue weighted by Gasteiger charge is 2.28. The normalized spacial score (nSPS) is 17.4. The number of nitrogens with two attached hydrogens (primary N) is 1. The van der Waals surface area contributed by atoms with Gasteiger partial charge < -0.3 is 11.1 Å². The number of anilines is 2. The van der Waals surface area contributed by atoms with E-state index in [-0.39, 0.29) is 24.1 Å². The highest BCUT2D eigenvalue weighted by atomic mass is 35.5. The topological polar surface area (TPSA) is 92.5 Å². The average Bonchev–Trinajstić information content (AvgIpc) is 2.85. The van der Waals surface area contributed by atoms with Crippen molar-refractivity contribution in [1.82, 2.24) is 0 Å². The van der Waals surface area contributed by atoms with Crippen molar-refractivity contribution in [2.45, 2.75) is 18.9 Å². The van der Waals surface area contributed by atoms with E-state index in [0.29, 0.717) is 30.8 Å². The number of nitrogens with one attached hydrogen (secondary N) is 1. The van der Waals surface area contributed by atoms with E-state index in [1.54, 1.807) is 36.0 Å². The van der Waals surface area contributed by atoms with Crippen LogP contribution in [0.3, 0.4) is 0 Å². The molecule has 6 nitrogen and oxygen atoms in total. The SMILES string of the molecule is CSCCC(N)C(=O)Nc1ccc(N2CCCS2(=O)=O)cc1.Cl. The van der Waals surface area contributed by atoms with Crippen molar-refractivity contribution < 1.29 is 13.2 Å². The van der Waals surface area contributed by atoms with Gasteiger partial charge in [0.1, 0.15) is 0 Å². The fraction of sp³-hybridized carbons (Fsp3) is 0.500. The molecule has 1 aliphatic rings. The number of carbonyl (C=O) groups excluding carboxylic acids is 1. The molecule has 1 amide bonds. The number of sulfonamides is 1. The van der Waals surface area contributed by atoms with Crippen LogP contribution in [-0.2, 0) is 14.8 Å². The summed E-state index contributed by atoms with van der Waals surface area (Å²) in [7, 11) is -3.18. The van der Waals surface area contributed by atoms with Gasteiger partial charge >= 0.3 is 0 Å². The molecule has 0 bridgehead atoms. The lowest BCUT2D eigenvalue weighted by atomic mass is 10.2. The van der Waals surface area contributed by atoms with Gasteiger partial charge in [-0.1, -0.05) is 0 Å². The summed E-state index contributed by atoms with van der Waals surface area (Å²) in [6.07, 6.45) is 3.23. The number of nitrogens with zero attached hydrogens (tertiary/aromatic N) is 1. The third kappa shape index (κ3) is 5.27. The van der Waals surface area contributed by atoms with E-state index in [1.165, 1.54) is 4.31 Å². The molecule has 0 aliphatic carbocycles. The van der Waals surface area contributed by atoms with Crippen molar-refractivity contribution in [1.29, 1.82) is 0 Å². The van der Waals surface area contributed by atoms with Crippen LogP contribution in [0.4, 0.5) is 11.4 Å². The molecule has 1 heterocycles. The summed E-state index contributed by atoms with van der Waals surface area (Å²) < 4.78 is 25.1. The Morgan fingerprint density at radius 3 is 2.57 bits per heavy atom. The minimum atomic E-state index is -3.18. The highest BCUT2D eigenvalue weighted by molar-refractivity contribution is 7.98. The Morgan fingerprint density at radius 2 is 2.04 bits per heavy atom. The molecule has 1 fully saturated rings. The fourth-order valence-electron chi connectivity index (χ4n) is 2.25. The van der Waals surface area contributed by atoms with Crippen LogP contribution in [0.1, 0.15) is 12.8 Å². The van der Waals surface area contributed by atoms with Gasteiger partial charge in [0.2, 0.25) is 15.9 Å². The van der Waals surface area contributed by atoms with Crippen LogP contribution >= 0.6 is 24.2 Å². The standard InChI is InChI=1S/C14H21N3O3S2.ClH/c1-21-9-7-13(15)14(18)16-11-3-5-12(6-4-11)17-8-2-10-22(17,19)20;/h3-6,13H,2,7-10,15H2,1H3,(H,16,18);1H. The summed E-state index contributed by atoms with van der Waals surface area (Å²) in [4.78, 5) is 11.9. The maximum Gasteiger partial charge on any atom is 0.241 e. The van der Waals surface area contributed by atoms with Crippen LogP contribution in [0.15, 0.2) is 24.3 Å². The third-order valence-corrected chi connectivity index (χ3v) is 6.01. The van der Waals surface area contributed by atoms with Gasteiger partial charge in [0, 0.05) is 12.2 Å². The third-order valence-electron chi connectivity index (χ3n) is 3.49. The van der Waals surface area contributed by atoms with Crippen molar-refractivity contribution in [2.75, 3.05) is 33.9 Å². The summed E-state index contributed by atoms with van der Waals surface area (Å²) >= 11 is 1.65. The second-order valence-electron chi connectivity index (χ2n) is 5.17. The van der Waals surface area contributed by atoms with Gasteiger partial charge in [-0.15, -0.1) is 12.4 Å². The molecule has 130 valence electrons. The second kappa shape index (κ2) is 8.77. The number of halogens is 1. The van der Waals surface area contributed by atoms with Crippen LogP contribution < -0.4 is 15.4 Å². The quantitative estimate of drug-likeness (QED) is 0.784. The Bertz CT molecular complexity index is 623. The lowest BCUT2D eigenvalue weighted by Crippen LogP contribution is -2.36. The predicted octanol–water partition coefficient (Wildman–Crippen LogP) is 1.67. The maximum atomic E-state index is 11.9. The molecule has 0 saturated carbocycles. The van der Waals surface area contributed by atoms with Crippen molar-refractivity contribution in [3.05, 3.63) is 24.3 Å². The first-order valence-corrected chi connectivity index (χ1v) is 10.1. The van der Waals surface area contributed by atoms with Crippen molar-refractivity contribution in [2.24, 2.45) is 5.73 Å². The monoisotopic (exact) mass is 379 g/mol. The summed E-state index contributed by atoms with van der Waals surface area (Å²) in [5.41, 5.74) is 7.05. The number of rotatable bonds is 6. The number of carbonyl (C=O) groups is 1. The van der Waals surface area contributed by atoms with Crippen LogP contribution in [0.25, 0.3) is 0 Å². The molecule has 23 heavy (non-hydrogen) atoms. The molecule has 3 N–H and O–H groups in total. The van der Waals surface area contributed by atoms with Gasteiger partial charge in [-0.3, -0.25) is 9.10 Å². The first-order chi connectivity index (χ1) is 10.4. The zero-order valence-corrected chi connectivity index (χ0v) is 15.3. The van der Waals surface area contributed by atoms with Gasteiger partial charge in [0.05, 0.1) is 17.5 Å². The van der Waals surface area contributed by atoms with Crippen molar-refractivity contribution in [3.8, 4) is 0 Å². The van der Waals surface area contributed by atoms with Gasteiger partial charge in [-0.2, -0.15) is 11.8 Å². The molecule has 1 aromatic carbocycles. The minimum absolute atomic E-state index is 0. The Morgan fingerprint density at radius 1 is 1.39 bits per heavy atom. The second-order valence-corrected chi connectivity index (χ2v) is 8.16. The van der Waals surface area contributed by atoms with Crippen molar-refractivity contribution >= 4 is 51.5 Å². The van der Waals surface area contributed by atoms with E-state index in [9.17, 15) is 13.2 Å². The maximum absolute atomic E-state index is 11.9. The molecule has 9 heteroatoms. The summed E-state index contributed by atoms with van der Waals surface area (Å²) in [6, 6.07) is 6.26. The summed E-state index contributed by atoms with van der Waals surface area (Å²) in [5, 5.41) is 2.75. The first kappa shape index (κ1) is 20.1. The predicted molar refractivity (Wildman–Crippen MR) is 99.0 cm³/mol. The molecule has 2 rings (SSSR count). The zero-order chi connectivity index (χ0) is 16.2. The molecule has 0 radical (unpaired) electrons. The Hall–Kier alpha value is -0.960. The minimum Gasteiger partial charge on any atom is -0.325 e.